The molecule has 2 N–H and O–H groups in total. The molecule has 1 aromatic carbocycles. The molecule has 2 aromatic rings. The molecule has 0 saturated heterocycles. The van der Waals surface area contributed by atoms with Crippen molar-refractivity contribution in [3.63, 3.8) is 0 Å². The van der Waals surface area contributed by atoms with Crippen molar-refractivity contribution < 1.29 is 14.1 Å². The molecule has 0 aliphatic heterocycles. The van der Waals surface area contributed by atoms with Crippen LogP contribution in [0.25, 0.3) is 11.4 Å². The minimum absolute atomic E-state index is 0.247. The third-order valence-electron chi connectivity index (χ3n) is 3.16. The molecule has 0 fully saturated rings. The van der Waals surface area contributed by atoms with Gasteiger partial charge in [-0.05, 0) is 18.9 Å². The van der Waals surface area contributed by atoms with Crippen LogP contribution in [0.3, 0.4) is 0 Å². The zero-order valence-electron chi connectivity index (χ0n) is 13.0. The van der Waals surface area contributed by atoms with Crippen LogP contribution in [0.4, 0.5) is 4.79 Å². The largest absolute Gasteiger partial charge is 0.442 e. The van der Waals surface area contributed by atoms with Crippen LogP contribution in [0.15, 0.2) is 33.6 Å². The molecule has 0 saturated carbocycles. The quantitative estimate of drug-likeness (QED) is 0.857. The minimum Gasteiger partial charge on any atom is -0.338 e. The number of hydrogen-bond donors (Lipinski definition) is 2. The molecule has 2 rings (SSSR count). The van der Waals surface area contributed by atoms with E-state index < -0.39 is 17.7 Å². The monoisotopic (exact) mass is 318 g/mol. The minimum atomic E-state index is -0.757. The van der Waals surface area contributed by atoms with Crippen molar-refractivity contribution in [2.75, 3.05) is 6.54 Å². The number of benzene rings is 1. The first-order chi connectivity index (χ1) is 11.0. The predicted molar refractivity (Wildman–Crippen MR) is 82.8 cm³/mol. The maximum absolute atomic E-state index is 11.9. The number of carbonyl (C=O) groups excluding carboxylic acids is 2. The third kappa shape index (κ3) is 4.06. The maximum atomic E-state index is 11.9. The summed E-state index contributed by atoms with van der Waals surface area (Å²) in [4.78, 5) is 35.1. The molecular weight excluding hydrogens is 300 g/mol. The summed E-state index contributed by atoms with van der Waals surface area (Å²) < 4.78 is 5.74. The van der Waals surface area contributed by atoms with Crippen LogP contribution >= 0.6 is 0 Å². The fraction of sp³-hybridized carbons (Fsp3) is 0.333. The molecule has 0 aliphatic carbocycles. The summed E-state index contributed by atoms with van der Waals surface area (Å²) >= 11 is 0. The maximum Gasteiger partial charge on any atom is 0.442 e. The Labute approximate surface area is 132 Å². The first kappa shape index (κ1) is 16.5. The summed E-state index contributed by atoms with van der Waals surface area (Å²) in [6.45, 7) is 3.86. The van der Waals surface area contributed by atoms with Gasteiger partial charge in [0.05, 0.1) is 0 Å². The molecule has 122 valence electrons. The summed E-state index contributed by atoms with van der Waals surface area (Å²) in [5.74, 6) is -1.14. The third-order valence-corrected chi connectivity index (χ3v) is 3.16. The van der Waals surface area contributed by atoms with Crippen LogP contribution < -0.4 is 16.4 Å². The molecule has 0 radical (unpaired) electrons. The molecule has 0 unspecified atom stereocenters. The van der Waals surface area contributed by atoms with Crippen LogP contribution in [-0.2, 0) is 11.3 Å². The van der Waals surface area contributed by atoms with Crippen molar-refractivity contribution in [3.05, 3.63) is 40.4 Å². The Morgan fingerprint density at radius 1 is 1.30 bits per heavy atom. The lowest BCUT2D eigenvalue weighted by atomic mass is 10.1. The van der Waals surface area contributed by atoms with E-state index in [9.17, 15) is 14.4 Å². The lowest BCUT2D eigenvalue weighted by Crippen LogP contribution is -2.42. The van der Waals surface area contributed by atoms with E-state index in [4.69, 9.17) is 0 Å². The van der Waals surface area contributed by atoms with Crippen molar-refractivity contribution >= 4 is 11.9 Å². The molecule has 23 heavy (non-hydrogen) atoms. The highest BCUT2D eigenvalue weighted by atomic mass is 16.5. The van der Waals surface area contributed by atoms with Gasteiger partial charge in [-0.2, -0.15) is 0 Å². The molecule has 8 heteroatoms. The number of aromatic nitrogens is 2. The van der Waals surface area contributed by atoms with Gasteiger partial charge in [-0.25, -0.2) is 14.2 Å². The fourth-order valence-electron chi connectivity index (χ4n) is 2.02. The Hall–Kier alpha value is -2.90. The molecule has 0 spiro atoms. The number of aryl methyl sites for hydroxylation is 1. The van der Waals surface area contributed by atoms with Crippen LogP contribution in [0, 0.1) is 6.92 Å². The van der Waals surface area contributed by atoms with Gasteiger partial charge in [0.15, 0.2) is 5.82 Å². The highest BCUT2D eigenvalue weighted by molar-refractivity contribution is 5.94. The van der Waals surface area contributed by atoms with Gasteiger partial charge in [-0.1, -0.05) is 36.3 Å². The second kappa shape index (κ2) is 7.39. The number of rotatable bonds is 5. The van der Waals surface area contributed by atoms with E-state index in [0.29, 0.717) is 12.1 Å². The van der Waals surface area contributed by atoms with Crippen LogP contribution in [0.5, 0.6) is 0 Å². The van der Waals surface area contributed by atoms with Gasteiger partial charge < -0.3 is 5.32 Å². The first-order valence-electron chi connectivity index (χ1n) is 7.23. The summed E-state index contributed by atoms with van der Waals surface area (Å²) in [5, 5.41) is 8.39. The highest BCUT2D eigenvalue weighted by Gasteiger charge is 2.18. The molecule has 1 heterocycles. The summed E-state index contributed by atoms with van der Waals surface area (Å²) in [6, 6.07) is 6.68. The number of hydrogen-bond acceptors (Lipinski definition) is 5. The number of nitrogens with one attached hydrogen (secondary N) is 2. The highest BCUT2D eigenvalue weighted by Crippen LogP contribution is 2.19. The predicted octanol–water partition coefficient (Wildman–Crippen LogP) is 1.05. The van der Waals surface area contributed by atoms with Gasteiger partial charge in [0, 0.05) is 12.1 Å². The van der Waals surface area contributed by atoms with Crippen LogP contribution in [0.2, 0.25) is 0 Å². The fourth-order valence-corrected chi connectivity index (χ4v) is 2.02. The van der Waals surface area contributed by atoms with Crippen molar-refractivity contribution in [1.82, 2.24) is 20.4 Å². The normalized spacial score (nSPS) is 10.3. The van der Waals surface area contributed by atoms with Gasteiger partial charge in [0.1, 0.15) is 6.54 Å². The van der Waals surface area contributed by atoms with Gasteiger partial charge in [0.2, 0.25) is 5.91 Å². The number of carbonyl (C=O) groups is 2. The molecule has 0 aliphatic rings. The lowest BCUT2D eigenvalue weighted by molar-refractivity contribution is -0.120. The topological polar surface area (TPSA) is 106 Å². The van der Waals surface area contributed by atoms with Crippen molar-refractivity contribution in [2.45, 2.75) is 26.8 Å². The standard InChI is InChI=1S/C15H18N4O4/c1-3-8-16-14(21)17-12(20)9-19-13(18-23-15(19)22)11-7-5-4-6-10(11)2/h4-7H,3,8-9H2,1-2H3,(H2,16,17,20,21). The molecule has 0 bridgehead atoms. The first-order valence-corrected chi connectivity index (χ1v) is 7.23. The van der Waals surface area contributed by atoms with E-state index in [2.05, 4.69) is 20.3 Å². The second-order valence-corrected chi connectivity index (χ2v) is 4.98. The molecule has 8 nitrogen and oxygen atoms in total. The zero-order valence-corrected chi connectivity index (χ0v) is 13.0. The lowest BCUT2D eigenvalue weighted by Gasteiger charge is -2.08. The van der Waals surface area contributed by atoms with E-state index in [1.54, 1.807) is 12.1 Å². The van der Waals surface area contributed by atoms with Crippen molar-refractivity contribution in [2.24, 2.45) is 0 Å². The number of amides is 3. The summed E-state index contributed by atoms with van der Waals surface area (Å²) in [6.07, 6.45) is 0.754. The Kier molecular flexibility index (Phi) is 5.29. The average molecular weight is 318 g/mol. The Morgan fingerprint density at radius 3 is 2.74 bits per heavy atom. The average Bonchev–Trinajstić information content (AvgIpc) is 2.86. The SMILES string of the molecule is CCCNC(=O)NC(=O)Cn1c(-c2ccccc2C)noc1=O. The van der Waals surface area contributed by atoms with E-state index in [1.165, 1.54) is 0 Å². The van der Waals surface area contributed by atoms with Crippen LogP contribution in [-0.4, -0.2) is 28.2 Å². The van der Waals surface area contributed by atoms with E-state index >= 15 is 0 Å². The van der Waals surface area contributed by atoms with Gasteiger partial charge in [-0.15, -0.1) is 0 Å². The number of imide groups is 1. The van der Waals surface area contributed by atoms with E-state index in [1.807, 2.05) is 26.0 Å². The van der Waals surface area contributed by atoms with Gasteiger partial charge in [-0.3, -0.25) is 14.6 Å². The number of nitrogens with zero attached hydrogens (tertiary/aromatic N) is 2. The van der Waals surface area contributed by atoms with Gasteiger partial charge in [0.25, 0.3) is 0 Å². The Balaban J connectivity index is 2.17. The van der Waals surface area contributed by atoms with E-state index in [0.717, 1.165) is 16.6 Å². The Bertz CT molecular complexity index is 763. The molecular formula is C15H18N4O4. The number of urea groups is 1. The smallest absolute Gasteiger partial charge is 0.338 e. The molecule has 0 atom stereocenters. The zero-order chi connectivity index (χ0) is 16.8. The van der Waals surface area contributed by atoms with Crippen molar-refractivity contribution in [1.29, 1.82) is 0 Å². The molecule has 1 aromatic heterocycles. The van der Waals surface area contributed by atoms with Gasteiger partial charge >= 0.3 is 11.8 Å². The second-order valence-electron chi connectivity index (χ2n) is 4.98. The van der Waals surface area contributed by atoms with E-state index in [-0.39, 0.29) is 12.4 Å². The summed E-state index contributed by atoms with van der Waals surface area (Å²) in [5.41, 5.74) is 1.57. The molecule has 3 amide bonds. The van der Waals surface area contributed by atoms with Crippen molar-refractivity contribution in [3.8, 4) is 11.4 Å². The van der Waals surface area contributed by atoms with Crippen LogP contribution in [0.1, 0.15) is 18.9 Å². The summed E-state index contributed by atoms with van der Waals surface area (Å²) in [7, 11) is 0. The Morgan fingerprint density at radius 2 is 2.04 bits per heavy atom.